The van der Waals surface area contributed by atoms with Gasteiger partial charge < -0.3 is 9.80 Å². The summed E-state index contributed by atoms with van der Waals surface area (Å²) in [6.07, 6.45) is 4.33. The number of para-hydroxylation sites is 1. The summed E-state index contributed by atoms with van der Waals surface area (Å²) >= 11 is 0. The van der Waals surface area contributed by atoms with E-state index in [-0.39, 0.29) is 11.8 Å². The molecular formula is C21H32N2O2. The van der Waals surface area contributed by atoms with Gasteiger partial charge in [-0.1, -0.05) is 39.0 Å². The monoisotopic (exact) mass is 344 g/mol. The number of anilines is 1. The SMILES string of the molecule is CCc1cccc(CC)c1N(CCC(=O)N1CCC(C)CC1)C(C)=O. The fraction of sp³-hybridized carbons (Fsp3) is 0.619. The van der Waals surface area contributed by atoms with Gasteiger partial charge >= 0.3 is 0 Å². The van der Waals surface area contributed by atoms with E-state index in [0.29, 0.717) is 18.9 Å². The van der Waals surface area contributed by atoms with Crippen LogP contribution in [0.5, 0.6) is 0 Å². The minimum atomic E-state index is 0.00988. The Hall–Kier alpha value is -1.84. The van der Waals surface area contributed by atoms with Gasteiger partial charge in [-0.3, -0.25) is 9.59 Å². The van der Waals surface area contributed by atoms with E-state index >= 15 is 0 Å². The summed E-state index contributed by atoms with van der Waals surface area (Å²) in [6, 6.07) is 6.22. The molecule has 0 saturated carbocycles. The van der Waals surface area contributed by atoms with Crippen molar-refractivity contribution in [2.75, 3.05) is 24.5 Å². The number of carbonyl (C=O) groups excluding carboxylic acids is 2. The van der Waals surface area contributed by atoms with Crippen LogP contribution in [0, 0.1) is 5.92 Å². The molecule has 1 aromatic rings. The van der Waals surface area contributed by atoms with Crippen molar-refractivity contribution in [2.24, 2.45) is 5.92 Å². The number of hydrogen-bond acceptors (Lipinski definition) is 2. The van der Waals surface area contributed by atoms with Crippen molar-refractivity contribution >= 4 is 17.5 Å². The zero-order chi connectivity index (χ0) is 18.4. The molecule has 4 heteroatoms. The second-order valence-electron chi connectivity index (χ2n) is 7.12. The molecule has 1 saturated heterocycles. The first kappa shape index (κ1) is 19.5. The van der Waals surface area contributed by atoms with Gasteiger partial charge in [0.1, 0.15) is 0 Å². The quantitative estimate of drug-likeness (QED) is 0.787. The number of amides is 2. The molecule has 0 N–H and O–H groups in total. The molecule has 2 amide bonds. The third kappa shape index (κ3) is 4.83. The van der Waals surface area contributed by atoms with Crippen LogP contribution in [0.25, 0.3) is 0 Å². The van der Waals surface area contributed by atoms with Crippen molar-refractivity contribution in [3.8, 4) is 0 Å². The van der Waals surface area contributed by atoms with Gasteiger partial charge in [0.25, 0.3) is 0 Å². The Balaban J connectivity index is 2.12. The minimum Gasteiger partial charge on any atom is -0.343 e. The summed E-state index contributed by atoms with van der Waals surface area (Å²) in [4.78, 5) is 28.6. The molecule has 1 aromatic carbocycles. The van der Waals surface area contributed by atoms with Crippen LogP contribution in [0.3, 0.4) is 0 Å². The van der Waals surface area contributed by atoms with Gasteiger partial charge in [0.05, 0.1) is 0 Å². The first-order valence-electron chi connectivity index (χ1n) is 9.64. The maximum Gasteiger partial charge on any atom is 0.224 e. The summed E-state index contributed by atoms with van der Waals surface area (Å²) in [5, 5.41) is 0. The number of piperidine rings is 1. The molecule has 0 aromatic heterocycles. The van der Waals surface area contributed by atoms with Crippen LogP contribution in [0.2, 0.25) is 0 Å². The average molecular weight is 344 g/mol. The molecule has 4 nitrogen and oxygen atoms in total. The molecule has 0 aliphatic carbocycles. The van der Waals surface area contributed by atoms with Crippen LogP contribution < -0.4 is 4.90 Å². The van der Waals surface area contributed by atoms with Gasteiger partial charge in [-0.15, -0.1) is 0 Å². The lowest BCUT2D eigenvalue weighted by atomic mass is 9.99. The van der Waals surface area contributed by atoms with Crippen LogP contribution in [0.1, 0.15) is 58.1 Å². The molecule has 0 bridgehead atoms. The Bertz CT molecular complexity index is 582. The molecule has 0 spiro atoms. The second kappa shape index (κ2) is 9.02. The second-order valence-corrected chi connectivity index (χ2v) is 7.12. The van der Waals surface area contributed by atoms with Gasteiger partial charge in [-0.25, -0.2) is 0 Å². The Morgan fingerprint density at radius 2 is 1.68 bits per heavy atom. The number of nitrogens with zero attached hydrogens (tertiary/aromatic N) is 2. The third-order valence-corrected chi connectivity index (χ3v) is 5.30. The smallest absolute Gasteiger partial charge is 0.224 e. The van der Waals surface area contributed by atoms with Crippen LogP contribution in [0.4, 0.5) is 5.69 Å². The number of aryl methyl sites for hydroxylation is 2. The Morgan fingerprint density at radius 3 is 2.16 bits per heavy atom. The first-order chi connectivity index (χ1) is 12.0. The van der Waals surface area contributed by atoms with Crippen LogP contribution >= 0.6 is 0 Å². The molecule has 0 radical (unpaired) electrons. The topological polar surface area (TPSA) is 40.6 Å². The average Bonchev–Trinajstić information content (AvgIpc) is 2.61. The summed E-state index contributed by atoms with van der Waals surface area (Å²) < 4.78 is 0. The van der Waals surface area contributed by atoms with Crippen molar-refractivity contribution in [1.29, 1.82) is 0 Å². The number of benzene rings is 1. The standard InChI is InChI=1S/C21H32N2O2/c1-5-18-8-7-9-19(6-2)21(18)23(17(4)24)15-12-20(25)22-13-10-16(3)11-14-22/h7-9,16H,5-6,10-15H2,1-4H3. The largest absolute Gasteiger partial charge is 0.343 e. The molecule has 1 fully saturated rings. The molecule has 1 aliphatic rings. The van der Waals surface area contributed by atoms with E-state index in [1.807, 2.05) is 9.80 Å². The van der Waals surface area contributed by atoms with Gasteiger partial charge in [-0.2, -0.15) is 0 Å². The van der Waals surface area contributed by atoms with Crippen LogP contribution in [-0.4, -0.2) is 36.3 Å². The molecule has 1 aliphatic heterocycles. The maximum atomic E-state index is 12.6. The van der Waals surface area contributed by atoms with E-state index in [1.54, 1.807) is 6.92 Å². The zero-order valence-corrected chi connectivity index (χ0v) is 16.2. The predicted molar refractivity (Wildman–Crippen MR) is 103 cm³/mol. The van der Waals surface area contributed by atoms with E-state index in [1.165, 1.54) is 11.1 Å². The molecule has 25 heavy (non-hydrogen) atoms. The van der Waals surface area contributed by atoms with Crippen molar-refractivity contribution < 1.29 is 9.59 Å². The molecule has 1 heterocycles. The van der Waals surface area contributed by atoms with Crippen molar-refractivity contribution in [3.63, 3.8) is 0 Å². The van der Waals surface area contributed by atoms with Crippen molar-refractivity contribution in [1.82, 2.24) is 4.90 Å². The predicted octanol–water partition coefficient (Wildman–Crippen LogP) is 3.81. The normalized spacial score (nSPS) is 15.3. The summed E-state index contributed by atoms with van der Waals surface area (Å²) in [5.41, 5.74) is 3.36. The summed E-state index contributed by atoms with van der Waals surface area (Å²) in [5.74, 6) is 0.891. The number of hydrogen-bond donors (Lipinski definition) is 0. The lowest BCUT2D eigenvalue weighted by Gasteiger charge is -2.32. The van der Waals surface area contributed by atoms with Crippen molar-refractivity contribution in [2.45, 2.75) is 59.8 Å². The fourth-order valence-corrected chi connectivity index (χ4v) is 3.61. The lowest BCUT2D eigenvalue weighted by molar-refractivity contribution is -0.132. The van der Waals surface area contributed by atoms with E-state index in [4.69, 9.17) is 0 Å². The highest BCUT2D eigenvalue weighted by atomic mass is 16.2. The van der Waals surface area contributed by atoms with Crippen LogP contribution in [-0.2, 0) is 22.4 Å². The van der Waals surface area contributed by atoms with Crippen molar-refractivity contribution in [3.05, 3.63) is 29.3 Å². The van der Waals surface area contributed by atoms with Gasteiger partial charge in [0.15, 0.2) is 0 Å². The third-order valence-electron chi connectivity index (χ3n) is 5.30. The van der Waals surface area contributed by atoms with E-state index < -0.39 is 0 Å². The van der Waals surface area contributed by atoms with E-state index in [0.717, 1.165) is 44.5 Å². The summed E-state index contributed by atoms with van der Waals surface area (Å²) in [6.45, 7) is 10.2. The Labute approximate surface area is 152 Å². The Morgan fingerprint density at radius 1 is 1.12 bits per heavy atom. The number of rotatable bonds is 6. The molecule has 2 rings (SSSR count). The molecule has 138 valence electrons. The fourth-order valence-electron chi connectivity index (χ4n) is 3.61. The van der Waals surface area contributed by atoms with Crippen LogP contribution in [0.15, 0.2) is 18.2 Å². The molecular weight excluding hydrogens is 312 g/mol. The highest BCUT2D eigenvalue weighted by Gasteiger charge is 2.23. The highest BCUT2D eigenvalue weighted by Crippen LogP contribution is 2.27. The van der Waals surface area contributed by atoms with E-state index in [9.17, 15) is 9.59 Å². The van der Waals surface area contributed by atoms with E-state index in [2.05, 4.69) is 39.0 Å². The molecule has 0 unspecified atom stereocenters. The number of carbonyl (C=O) groups is 2. The highest BCUT2D eigenvalue weighted by molar-refractivity contribution is 5.94. The zero-order valence-electron chi connectivity index (χ0n) is 16.2. The van der Waals surface area contributed by atoms with Gasteiger partial charge in [-0.05, 0) is 42.7 Å². The molecule has 0 atom stereocenters. The number of likely N-dealkylation sites (tertiary alicyclic amines) is 1. The first-order valence-corrected chi connectivity index (χ1v) is 9.64. The lowest BCUT2D eigenvalue weighted by Crippen LogP contribution is -2.40. The Kier molecular flexibility index (Phi) is 7.03. The van der Waals surface area contributed by atoms with Gasteiger partial charge in [0, 0.05) is 38.7 Å². The van der Waals surface area contributed by atoms with Gasteiger partial charge in [0.2, 0.25) is 11.8 Å². The maximum absolute atomic E-state index is 12.6. The summed E-state index contributed by atoms with van der Waals surface area (Å²) in [7, 11) is 0. The minimum absolute atomic E-state index is 0.00988.